The first-order chi connectivity index (χ1) is 9.99. The zero-order valence-corrected chi connectivity index (χ0v) is 13.9. The molecule has 0 aromatic heterocycles. The number of likely N-dealkylation sites (tertiary alicyclic amines) is 1. The third kappa shape index (κ3) is 4.71. The summed E-state index contributed by atoms with van der Waals surface area (Å²) in [6.07, 6.45) is 0.287. The summed E-state index contributed by atoms with van der Waals surface area (Å²) >= 11 is 0. The molecule has 0 saturated carbocycles. The number of halogens is 1. The summed E-state index contributed by atoms with van der Waals surface area (Å²) in [5, 5.41) is 2.84. The van der Waals surface area contributed by atoms with E-state index in [1.54, 1.807) is 4.90 Å². The summed E-state index contributed by atoms with van der Waals surface area (Å²) in [6.45, 7) is 5.34. The van der Waals surface area contributed by atoms with Crippen molar-refractivity contribution in [1.29, 1.82) is 0 Å². The second-order valence-electron chi connectivity index (χ2n) is 5.81. The highest BCUT2D eigenvalue weighted by Gasteiger charge is 2.34. The Balaban J connectivity index is 0.00000242. The van der Waals surface area contributed by atoms with Crippen molar-refractivity contribution < 1.29 is 9.59 Å². The standard InChI is InChI=1S/C16H23N3O2.ClH/c1-11-3-5-13(6-4-11)9-19-10-14(7-15(19)20)16(21)18-12(2)8-17;/h3-6,12,14H,7-10,17H2,1-2H3,(H,18,21);1H/t12-,14?;/m0./s1. The molecule has 122 valence electrons. The summed E-state index contributed by atoms with van der Waals surface area (Å²) in [6, 6.07) is 8.05. The van der Waals surface area contributed by atoms with E-state index in [-0.39, 0.29) is 42.6 Å². The van der Waals surface area contributed by atoms with Gasteiger partial charge in [0, 0.05) is 32.1 Å². The fourth-order valence-corrected chi connectivity index (χ4v) is 2.43. The average Bonchev–Trinajstić information content (AvgIpc) is 2.82. The van der Waals surface area contributed by atoms with Crippen LogP contribution in [0.4, 0.5) is 0 Å². The Hall–Kier alpha value is -1.59. The van der Waals surface area contributed by atoms with Crippen LogP contribution in [0.1, 0.15) is 24.5 Å². The second-order valence-corrected chi connectivity index (χ2v) is 5.81. The highest BCUT2D eigenvalue weighted by molar-refractivity contribution is 5.89. The molecule has 1 aromatic rings. The van der Waals surface area contributed by atoms with Gasteiger partial charge < -0.3 is 16.0 Å². The Morgan fingerprint density at radius 2 is 2.05 bits per heavy atom. The number of nitrogens with zero attached hydrogens (tertiary/aromatic N) is 1. The van der Waals surface area contributed by atoms with E-state index < -0.39 is 0 Å². The largest absolute Gasteiger partial charge is 0.352 e. The zero-order chi connectivity index (χ0) is 15.4. The summed E-state index contributed by atoms with van der Waals surface area (Å²) in [5.41, 5.74) is 7.78. The molecule has 1 aromatic carbocycles. The highest BCUT2D eigenvalue weighted by Crippen LogP contribution is 2.20. The van der Waals surface area contributed by atoms with Crippen LogP contribution in [-0.2, 0) is 16.1 Å². The van der Waals surface area contributed by atoms with E-state index in [1.165, 1.54) is 5.56 Å². The number of benzene rings is 1. The Morgan fingerprint density at radius 1 is 1.41 bits per heavy atom. The highest BCUT2D eigenvalue weighted by atomic mass is 35.5. The van der Waals surface area contributed by atoms with Gasteiger partial charge in [-0.1, -0.05) is 29.8 Å². The summed E-state index contributed by atoms with van der Waals surface area (Å²) < 4.78 is 0. The summed E-state index contributed by atoms with van der Waals surface area (Å²) in [7, 11) is 0. The molecule has 1 saturated heterocycles. The molecule has 1 aliphatic heterocycles. The molecule has 22 heavy (non-hydrogen) atoms. The number of nitrogens with one attached hydrogen (secondary N) is 1. The van der Waals surface area contributed by atoms with Gasteiger partial charge in [-0.25, -0.2) is 0 Å². The fraction of sp³-hybridized carbons (Fsp3) is 0.500. The molecule has 1 unspecified atom stereocenters. The molecule has 0 bridgehead atoms. The van der Waals surface area contributed by atoms with E-state index >= 15 is 0 Å². The van der Waals surface area contributed by atoms with Gasteiger partial charge in [-0.2, -0.15) is 0 Å². The van der Waals surface area contributed by atoms with E-state index in [0.717, 1.165) is 5.56 Å². The van der Waals surface area contributed by atoms with Crippen LogP contribution >= 0.6 is 12.4 Å². The minimum atomic E-state index is -0.267. The number of aryl methyl sites for hydroxylation is 1. The molecule has 3 N–H and O–H groups in total. The molecule has 6 heteroatoms. The molecule has 1 aliphatic rings. The lowest BCUT2D eigenvalue weighted by Crippen LogP contribution is -2.41. The quantitative estimate of drug-likeness (QED) is 0.855. The van der Waals surface area contributed by atoms with E-state index in [1.807, 2.05) is 38.1 Å². The first-order valence-corrected chi connectivity index (χ1v) is 7.33. The number of carbonyl (C=O) groups is 2. The van der Waals surface area contributed by atoms with Gasteiger partial charge in [0.2, 0.25) is 11.8 Å². The maximum atomic E-state index is 12.1. The van der Waals surface area contributed by atoms with Crippen molar-refractivity contribution in [2.75, 3.05) is 13.1 Å². The number of hydrogen-bond acceptors (Lipinski definition) is 3. The van der Waals surface area contributed by atoms with E-state index in [2.05, 4.69) is 5.32 Å². The van der Waals surface area contributed by atoms with Crippen molar-refractivity contribution in [3.63, 3.8) is 0 Å². The Morgan fingerprint density at radius 3 is 2.64 bits per heavy atom. The molecule has 2 amide bonds. The lowest BCUT2D eigenvalue weighted by molar-refractivity contribution is -0.129. The Bertz CT molecular complexity index is 519. The monoisotopic (exact) mass is 325 g/mol. The summed E-state index contributed by atoms with van der Waals surface area (Å²) in [5.74, 6) is -0.305. The van der Waals surface area contributed by atoms with Gasteiger partial charge in [0.1, 0.15) is 0 Å². The van der Waals surface area contributed by atoms with Crippen LogP contribution in [0.15, 0.2) is 24.3 Å². The van der Waals surface area contributed by atoms with Gasteiger partial charge in [0.05, 0.1) is 5.92 Å². The molecule has 2 atom stereocenters. The van der Waals surface area contributed by atoms with Gasteiger partial charge in [-0.15, -0.1) is 12.4 Å². The molecule has 1 fully saturated rings. The van der Waals surface area contributed by atoms with Gasteiger partial charge in [0.15, 0.2) is 0 Å². The number of hydrogen-bond donors (Lipinski definition) is 2. The van der Waals surface area contributed by atoms with Gasteiger partial charge in [-0.3, -0.25) is 9.59 Å². The lowest BCUT2D eigenvalue weighted by Gasteiger charge is -2.18. The number of rotatable bonds is 5. The van der Waals surface area contributed by atoms with E-state index in [0.29, 0.717) is 19.6 Å². The predicted molar refractivity (Wildman–Crippen MR) is 88.6 cm³/mol. The second kappa shape index (κ2) is 8.15. The molecule has 2 rings (SSSR count). The van der Waals surface area contributed by atoms with Crippen LogP contribution < -0.4 is 11.1 Å². The lowest BCUT2D eigenvalue weighted by atomic mass is 10.1. The van der Waals surface area contributed by atoms with Crippen LogP contribution in [0.25, 0.3) is 0 Å². The van der Waals surface area contributed by atoms with Crippen molar-refractivity contribution in [2.24, 2.45) is 11.7 Å². The Kier molecular flexibility index (Phi) is 6.84. The molecular weight excluding hydrogens is 302 g/mol. The maximum Gasteiger partial charge on any atom is 0.225 e. The normalized spacial score (nSPS) is 18.8. The molecule has 0 spiro atoms. The first kappa shape index (κ1) is 18.5. The van der Waals surface area contributed by atoms with Crippen molar-refractivity contribution >= 4 is 24.2 Å². The van der Waals surface area contributed by atoms with Crippen LogP contribution in [0.2, 0.25) is 0 Å². The van der Waals surface area contributed by atoms with Crippen molar-refractivity contribution in [3.05, 3.63) is 35.4 Å². The minimum Gasteiger partial charge on any atom is -0.352 e. The maximum absolute atomic E-state index is 12.1. The minimum absolute atomic E-state index is 0. The number of carbonyl (C=O) groups excluding carboxylic acids is 2. The topological polar surface area (TPSA) is 75.4 Å². The first-order valence-electron chi connectivity index (χ1n) is 7.33. The third-order valence-corrected chi connectivity index (χ3v) is 3.82. The van der Waals surface area contributed by atoms with Crippen molar-refractivity contribution in [2.45, 2.75) is 32.9 Å². The van der Waals surface area contributed by atoms with Gasteiger partial charge in [-0.05, 0) is 19.4 Å². The third-order valence-electron chi connectivity index (χ3n) is 3.82. The molecular formula is C16H24ClN3O2. The van der Waals surface area contributed by atoms with Gasteiger partial charge in [0.25, 0.3) is 0 Å². The average molecular weight is 326 g/mol. The molecule has 1 heterocycles. The summed E-state index contributed by atoms with van der Waals surface area (Å²) in [4.78, 5) is 25.8. The predicted octanol–water partition coefficient (Wildman–Crippen LogP) is 1.23. The molecule has 0 radical (unpaired) electrons. The van der Waals surface area contributed by atoms with E-state index in [4.69, 9.17) is 5.73 Å². The number of amides is 2. The van der Waals surface area contributed by atoms with Crippen LogP contribution in [-0.4, -0.2) is 35.8 Å². The SMILES string of the molecule is Cc1ccc(CN2CC(C(=O)N[C@@H](C)CN)CC2=O)cc1.Cl. The van der Waals surface area contributed by atoms with Crippen molar-refractivity contribution in [3.8, 4) is 0 Å². The number of nitrogens with two attached hydrogens (primary N) is 1. The smallest absolute Gasteiger partial charge is 0.225 e. The van der Waals surface area contributed by atoms with Gasteiger partial charge >= 0.3 is 0 Å². The zero-order valence-electron chi connectivity index (χ0n) is 13.0. The fourth-order valence-electron chi connectivity index (χ4n) is 2.43. The van der Waals surface area contributed by atoms with Crippen molar-refractivity contribution in [1.82, 2.24) is 10.2 Å². The van der Waals surface area contributed by atoms with Crippen LogP contribution in [0.5, 0.6) is 0 Å². The van der Waals surface area contributed by atoms with Crippen LogP contribution in [0.3, 0.4) is 0 Å². The Labute approximate surface area is 137 Å². The van der Waals surface area contributed by atoms with Crippen LogP contribution in [0, 0.1) is 12.8 Å². The molecule has 0 aliphatic carbocycles. The van der Waals surface area contributed by atoms with E-state index in [9.17, 15) is 9.59 Å². The molecule has 5 nitrogen and oxygen atoms in total.